The number of aliphatic carboxylic acids is 1. The van der Waals surface area contributed by atoms with E-state index in [1.807, 2.05) is 21.1 Å². The highest BCUT2D eigenvalue weighted by atomic mass is 16.5. The number of hydrogen-bond donors (Lipinski definition) is 1. The van der Waals surface area contributed by atoms with Crippen LogP contribution in [0, 0.1) is 5.92 Å². The van der Waals surface area contributed by atoms with Crippen LogP contribution in [0.4, 0.5) is 0 Å². The Morgan fingerprint density at radius 1 is 1.17 bits per heavy atom. The molecule has 0 aliphatic rings. The van der Waals surface area contributed by atoms with E-state index in [-0.39, 0.29) is 6.42 Å². The summed E-state index contributed by atoms with van der Waals surface area (Å²) in [5.74, 6) is -3.10. The van der Waals surface area contributed by atoms with Crippen LogP contribution in [-0.2, 0) is 19.1 Å². The summed E-state index contributed by atoms with van der Waals surface area (Å²) in [7, 11) is 5.56. The molecule has 0 aromatic heterocycles. The van der Waals surface area contributed by atoms with E-state index >= 15 is 0 Å². The van der Waals surface area contributed by atoms with Crippen molar-refractivity contribution in [2.75, 3.05) is 27.7 Å². The van der Waals surface area contributed by atoms with Crippen LogP contribution in [0.25, 0.3) is 0 Å². The van der Waals surface area contributed by atoms with Crippen LogP contribution in [0.2, 0.25) is 0 Å². The fourth-order valence-electron chi connectivity index (χ4n) is 1.39. The molecule has 0 fully saturated rings. The zero-order valence-electron chi connectivity index (χ0n) is 11.6. The molecule has 0 aromatic rings. The third-order valence-electron chi connectivity index (χ3n) is 2.15. The molecule has 0 aliphatic carbocycles. The molecule has 0 heterocycles. The van der Waals surface area contributed by atoms with E-state index in [1.54, 1.807) is 13.8 Å². The van der Waals surface area contributed by atoms with Gasteiger partial charge in [0.25, 0.3) is 0 Å². The predicted octanol–water partition coefficient (Wildman–Crippen LogP) is 0.304. The minimum atomic E-state index is -1.06. The van der Waals surface area contributed by atoms with Crippen molar-refractivity contribution in [3.63, 3.8) is 0 Å². The Bertz CT molecular complexity index is 330. The first-order valence-electron chi connectivity index (χ1n) is 5.80. The molecule has 0 aliphatic heterocycles. The van der Waals surface area contributed by atoms with Gasteiger partial charge in [-0.3, -0.25) is 9.59 Å². The highest BCUT2D eigenvalue weighted by Crippen LogP contribution is 2.07. The largest absolute Gasteiger partial charge is 0.481 e. The Hall–Kier alpha value is -1.43. The lowest BCUT2D eigenvalue weighted by Gasteiger charge is -2.28. The molecule has 0 amide bonds. The number of nitrogens with zero attached hydrogens (tertiary/aromatic N) is 1. The molecule has 0 bridgehead atoms. The fraction of sp³-hybridized carbons (Fsp3) is 0.750. The molecule has 0 rings (SSSR count). The number of carboxylic acid groups (broad SMARTS) is 1. The number of carbonyl (C=O) groups excluding carboxylic acids is 2. The predicted molar refractivity (Wildman–Crippen MR) is 64.9 cm³/mol. The summed E-state index contributed by atoms with van der Waals surface area (Å²) in [4.78, 5) is 33.6. The summed E-state index contributed by atoms with van der Waals surface area (Å²) in [6, 6.07) is 0. The molecule has 0 aromatic carbocycles. The third kappa shape index (κ3) is 7.01. The number of Topliss-reactive ketones (excluding diaryl/α,β-unsaturated/α-hetero) is 1. The van der Waals surface area contributed by atoms with E-state index in [4.69, 9.17) is 9.84 Å². The van der Waals surface area contributed by atoms with Crippen molar-refractivity contribution < 1.29 is 28.7 Å². The molecule has 1 N–H and O–H groups in total. The van der Waals surface area contributed by atoms with Gasteiger partial charge in [-0.25, -0.2) is 4.79 Å². The summed E-state index contributed by atoms with van der Waals surface area (Å²) in [5, 5.41) is 8.76. The van der Waals surface area contributed by atoms with E-state index in [0.29, 0.717) is 11.0 Å². The summed E-state index contributed by atoms with van der Waals surface area (Å²) in [6.07, 6.45) is -1.09. The van der Waals surface area contributed by atoms with Crippen LogP contribution in [0.3, 0.4) is 0 Å². The zero-order valence-corrected chi connectivity index (χ0v) is 11.6. The molecule has 18 heavy (non-hydrogen) atoms. The van der Waals surface area contributed by atoms with Gasteiger partial charge in [-0.05, 0) is 0 Å². The van der Waals surface area contributed by atoms with Crippen molar-refractivity contribution in [2.45, 2.75) is 26.4 Å². The summed E-state index contributed by atoms with van der Waals surface area (Å²) >= 11 is 0. The second-order valence-electron chi connectivity index (χ2n) is 5.62. The molecule has 0 spiro atoms. The standard InChI is InChI=1S/C12H21NO5/c1-8(2)11(16)12(17)18-9(6-10(14)15)7-13(3,4)5/h8-9H,6-7H2,1-5H3/p+1. The van der Waals surface area contributed by atoms with Crippen molar-refractivity contribution in [1.29, 1.82) is 0 Å². The minimum Gasteiger partial charge on any atom is -0.481 e. The van der Waals surface area contributed by atoms with Crippen LogP contribution >= 0.6 is 0 Å². The van der Waals surface area contributed by atoms with Crippen LogP contribution in [0.15, 0.2) is 0 Å². The van der Waals surface area contributed by atoms with Gasteiger partial charge < -0.3 is 14.3 Å². The van der Waals surface area contributed by atoms with Crippen molar-refractivity contribution in [3.8, 4) is 0 Å². The monoisotopic (exact) mass is 260 g/mol. The number of ketones is 1. The fourth-order valence-corrected chi connectivity index (χ4v) is 1.39. The van der Waals surface area contributed by atoms with Gasteiger partial charge in [0.15, 0.2) is 6.10 Å². The van der Waals surface area contributed by atoms with Gasteiger partial charge in [0, 0.05) is 5.92 Å². The third-order valence-corrected chi connectivity index (χ3v) is 2.15. The number of hydrogen-bond acceptors (Lipinski definition) is 4. The van der Waals surface area contributed by atoms with Gasteiger partial charge in [-0.1, -0.05) is 13.8 Å². The number of ether oxygens (including phenoxy) is 1. The molecule has 104 valence electrons. The lowest BCUT2D eigenvalue weighted by Crippen LogP contribution is -2.44. The highest BCUT2D eigenvalue weighted by Gasteiger charge is 2.28. The first-order valence-corrected chi connectivity index (χ1v) is 5.80. The van der Waals surface area contributed by atoms with Crippen LogP contribution in [-0.4, -0.2) is 61.1 Å². The number of carboxylic acids is 1. The molecule has 0 radical (unpaired) electrons. The molecule has 0 saturated carbocycles. The van der Waals surface area contributed by atoms with Gasteiger partial charge in [-0.15, -0.1) is 0 Å². The second kappa shape index (κ2) is 6.49. The molecule has 1 atom stereocenters. The van der Waals surface area contributed by atoms with Gasteiger partial charge in [0.05, 0.1) is 27.6 Å². The number of esters is 1. The Labute approximate surface area is 107 Å². The van der Waals surface area contributed by atoms with E-state index in [1.165, 1.54) is 0 Å². The summed E-state index contributed by atoms with van der Waals surface area (Å²) < 4.78 is 5.42. The molecular weight excluding hydrogens is 238 g/mol. The van der Waals surface area contributed by atoms with E-state index in [9.17, 15) is 14.4 Å². The average molecular weight is 260 g/mol. The van der Waals surface area contributed by atoms with E-state index in [0.717, 1.165) is 0 Å². The Balaban J connectivity index is 4.64. The summed E-state index contributed by atoms with van der Waals surface area (Å²) in [6.45, 7) is 3.52. The smallest absolute Gasteiger partial charge is 0.375 e. The molecular formula is C12H22NO5+. The highest BCUT2D eigenvalue weighted by molar-refractivity contribution is 6.34. The van der Waals surface area contributed by atoms with E-state index < -0.39 is 29.7 Å². The van der Waals surface area contributed by atoms with Crippen LogP contribution in [0.1, 0.15) is 20.3 Å². The molecule has 6 nitrogen and oxygen atoms in total. The Morgan fingerprint density at radius 3 is 2.00 bits per heavy atom. The maximum atomic E-state index is 11.5. The molecule has 6 heteroatoms. The minimum absolute atomic E-state index is 0.299. The SMILES string of the molecule is CC(C)C(=O)C(=O)OC(CC(=O)O)C[N+](C)(C)C. The van der Waals surface area contributed by atoms with Crippen molar-refractivity contribution in [1.82, 2.24) is 0 Å². The van der Waals surface area contributed by atoms with Crippen LogP contribution in [0.5, 0.6) is 0 Å². The topological polar surface area (TPSA) is 80.7 Å². The lowest BCUT2D eigenvalue weighted by molar-refractivity contribution is -0.873. The zero-order chi connectivity index (χ0) is 14.5. The number of likely N-dealkylation sites (N-methyl/N-ethyl adjacent to an activating group) is 1. The van der Waals surface area contributed by atoms with Gasteiger partial charge >= 0.3 is 11.9 Å². The molecule has 1 unspecified atom stereocenters. The second-order valence-corrected chi connectivity index (χ2v) is 5.62. The lowest BCUT2D eigenvalue weighted by atomic mass is 10.1. The maximum absolute atomic E-state index is 11.5. The first-order chi connectivity index (χ1) is 8.03. The molecule has 0 saturated heterocycles. The number of rotatable bonds is 7. The average Bonchev–Trinajstić information content (AvgIpc) is 2.11. The maximum Gasteiger partial charge on any atom is 0.375 e. The quantitative estimate of drug-likeness (QED) is 0.404. The van der Waals surface area contributed by atoms with Crippen molar-refractivity contribution in [3.05, 3.63) is 0 Å². The Morgan fingerprint density at radius 2 is 1.67 bits per heavy atom. The first kappa shape index (κ1) is 16.6. The Kier molecular flexibility index (Phi) is 5.97. The van der Waals surface area contributed by atoms with Gasteiger partial charge in [0.1, 0.15) is 6.54 Å². The van der Waals surface area contributed by atoms with Crippen LogP contribution < -0.4 is 0 Å². The van der Waals surface area contributed by atoms with Gasteiger partial charge in [0.2, 0.25) is 5.78 Å². The van der Waals surface area contributed by atoms with E-state index in [2.05, 4.69) is 0 Å². The summed E-state index contributed by atoms with van der Waals surface area (Å²) in [5.41, 5.74) is 0. The number of carbonyl (C=O) groups is 3. The van der Waals surface area contributed by atoms with Crippen molar-refractivity contribution >= 4 is 17.7 Å². The van der Waals surface area contributed by atoms with Gasteiger partial charge in [-0.2, -0.15) is 0 Å². The number of quaternary nitrogens is 1. The van der Waals surface area contributed by atoms with Crippen molar-refractivity contribution in [2.24, 2.45) is 5.92 Å². The normalized spacial score (nSPS) is 13.2.